The zero-order valence-corrected chi connectivity index (χ0v) is 14.1. The Balaban J connectivity index is 1.49. The maximum atomic E-state index is 12.1. The molecule has 2 N–H and O–H groups in total. The van der Waals surface area contributed by atoms with Crippen LogP contribution in [0, 0.1) is 0 Å². The molecule has 0 bridgehead atoms. The summed E-state index contributed by atoms with van der Waals surface area (Å²) in [6.45, 7) is 2.29. The van der Waals surface area contributed by atoms with Crippen molar-refractivity contribution in [2.45, 2.75) is 31.8 Å². The van der Waals surface area contributed by atoms with E-state index in [4.69, 9.17) is 0 Å². The van der Waals surface area contributed by atoms with Crippen LogP contribution in [0.1, 0.15) is 19.3 Å². The van der Waals surface area contributed by atoms with Crippen LogP contribution >= 0.6 is 0 Å². The Labute approximate surface area is 136 Å². The topological polar surface area (TPSA) is 96.3 Å². The molecule has 2 aliphatic heterocycles. The number of hydrogen-bond acceptors (Lipinski definition) is 6. The Morgan fingerprint density at radius 3 is 3.13 bits per heavy atom. The molecule has 1 aromatic rings. The maximum absolute atomic E-state index is 12.1. The SMILES string of the molecule is CN(CCC(=O)Nc1cnn2c1NCCC2)C1CCS(=O)(=O)C1. The van der Waals surface area contributed by atoms with Crippen LogP contribution in [0.3, 0.4) is 0 Å². The van der Waals surface area contributed by atoms with Gasteiger partial charge in [0, 0.05) is 32.1 Å². The number of nitrogens with zero attached hydrogens (tertiary/aromatic N) is 3. The van der Waals surface area contributed by atoms with Gasteiger partial charge in [-0.25, -0.2) is 13.1 Å². The van der Waals surface area contributed by atoms with Crippen LogP contribution in [0.4, 0.5) is 11.5 Å². The number of carbonyl (C=O) groups excluding carboxylic acids is 1. The summed E-state index contributed by atoms with van der Waals surface area (Å²) < 4.78 is 24.9. The quantitative estimate of drug-likeness (QED) is 0.791. The molecule has 23 heavy (non-hydrogen) atoms. The number of anilines is 2. The molecule has 3 rings (SSSR count). The van der Waals surface area contributed by atoms with Gasteiger partial charge in [0.05, 0.1) is 17.7 Å². The van der Waals surface area contributed by atoms with E-state index in [1.807, 2.05) is 16.6 Å². The van der Waals surface area contributed by atoms with Gasteiger partial charge in [-0.05, 0) is 19.9 Å². The second kappa shape index (κ2) is 6.48. The van der Waals surface area contributed by atoms with Crippen molar-refractivity contribution in [3.8, 4) is 0 Å². The van der Waals surface area contributed by atoms with Crippen LogP contribution in [0.5, 0.6) is 0 Å². The summed E-state index contributed by atoms with van der Waals surface area (Å²) in [6.07, 6.45) is 3.68. The summed E-state index contributed by atoms with van der Waals surface area (Å²) in [7, 11) is -1.01. The first-order chi connectivity index (χ1) is 10.9. The third-order valence-corrected chi connectivity index (χ3v) is 6.23. The number of nitrogens with one attached hydrogen (secondary N) is 2. The molecule has 0 spiro atoms. The summed E-state index contributed by atoms with van der Waals surface area (Å²) in [5.74, 6) is 1.23. The van der Waals surface area contributed by atoms with E-state index in [0.717, 1.165) is 25.3 Å². The van der Waals surface area contributed by atoms with Crippen molar-refractivity contribution in [1.29, 1.82) is 0 Å². The third kappa shape index (κ3) is 3.84. The number of aryl methyl sites for hydroxylation is 1. The number of carbonyl (C=O) groups is 1. The van der Waals surface area contributed by atoms with Crippen LogP contribution in [-0.2, 0) is 21.2 Å². The summed E-state index contributed by atoms with van der Waals surface area (Å²) in [5, 5.41) is 10.4. The van der Waals surface area contributed by atoms with Gasteiger partial charge < -0.3 is 15.5 Å². The largest absolute Gasteiger partial charge is 0.368 e. The molecule has 1 atom stereocenters. The standard InChI is InChI=1S/C14H23N5O3S/c1-18(11-4-8-23(21,22)10-11)7-3-13(20)17-12-9-16-19-6-2-5-15-14(12)19/h9,11,15H,2-8,10H2,1H3,(H,17,20). The zero-order valence-electron chi connectivity index (χ0n) is 13.3. The molecule has 3 heterocycles. The van der Waals surface area contributed by atoms with E-state index in [9.17, 15) is 13.2 Å². The number of rotatable bonds is 5. The molecular formula is C14H23N5O3S. The van der Waals surface area contributed by atoms with Gasteiger partial charge >= 0.3 is 0 Å². The normalized spacial score (nSPS) is 22.6. The fraction of sp³-hybridized carbons (Fsp3) is 0.714. The summed E-state index contributed by atoms with van der Waals surface area (Å²) in [4.78, 5) is 14.1. The molecule has 1 unspecified atom stereocenters. The van der Waals surface area contributed by atoms with Crippen molar-refractivity contribution in [3.05, 3.63) is 6.20 Å². The number of sulfone groups is 1. The van der Waals surface area contributed by atoms with Gasteiger partial charge in [-0.15, -0.1) is 0 Å². The van der Waals surface area contributed by atoms with Gasteiger partial charge in [0.2, 0.25) is 5.91 Å². The second-order valence-corrected chi connectivity index (χ2v) is 8.47. The molecule has 8 nitrogen and oxygen atoms in total. The highest BCUT2D eigenvalue weighted by atomic mass is 32.2. The first-order valence-corrected chi connectivity index (χ1v) is 9.77. The van der Waals surface area contributed by atoms with Crippen molar-refractivity contribution in [3.63, 3.8) is 0 Å². The van der Waals surface area contributed by atoms with Crippen molar-refractivity contribution in [1.82, 2.24) is 14.7 Å². The average molecular weight is 341 g/mol. The predicted octanol–water partition coefficient (Wildman–Crippen LogP) is 0.146. The predicted molar refractivity (Wildman–Crippen MR) is 88.3 cm³/mol. The van der Waals surface area contributed by atoms with Crippen molar-refractivity contribution < 1.29 is 13.2 Å². The van der Waals surface area contributed by atoms with Crippen LogP contribution in [0.15, 0.2) is 6.20 Å². The highest BCUT2D eigenvalue weighted by Gasteiger charge is 2.30. The van der Waals surface area contributed by atoms with Gasteiger partial charge in [0.15, 0.2) is 9.84 Å². The Bertz CT molecular complexity index is 685. The van der Waals surface area contributed by atoms with Crippen LogP contribution in [0.2, 0.25) is 0 Å². The lowest BCUT2D eigenvalue weighted by molar-refractivity contribution is -0.116. The summed E-state index contributed by atoms with van der Waals surface area (Å²) in [6, 6.07) is 0.0263. The molecule has 0 saturated carbocycles. The number of fused-ring (bicyclic) bond motifs is 1. The third-order valence-electron chi connectivity index (χ3n) is 4.48. The van der Waals surface area contributed by atoms with E-state index >= 15 is 0 Å². The molecule has 1 saturated heterocycles. The minimum absolute atomic E-state index is 0.0263. The van der Waals surface area contributed by atoms with Crippen LogP contribution < -0.4 is 10.6 Å². The summed E-state index contributed by atoms with van der Waals surface area (Å²) >= 11 is 0. The maximum Gasteiger partial charge on any atom is 0.225 e. The second-order valence-electron chi connectivity index (χ2n) is 6.25. The molecule has 128 valence electrons. The molecule has 9 heteroatoms. The van der Waals surface area contributed by atoms with Gasteiger partial charge in [0.25, 0.3) is 0 Å². The molecule has 1 aromatic heterocycles. The molecular weight excluding hydrogens is 318 g/mol. The lowest BCUT2D eigenvalue weighted by atomic mass is 10.2. The first-order valence-electron chi connectivity index (χ1n) is 7.95. The van der Waals surface area contributed by atoms with Gasteiger partial charge in [-0.2, -0.15) is 5.10 Å². The summed E-state index contributed by atoms with van der Waals surface area (Å²) in [5.41, 5.74) is 0.709. The monoisotopic (exact) mass is 341 g/mol. The smallest absolute Gasteiger partial charge is 0.225 e. The van der Waals surface area contributed by atoms with Crippen LogP contribution in [-0.4, -0.2) is 66.7 Å². The highest BCUT2D eigenvalue weighted by Crippen LogP contribution is 2.24. The lowest BCUT2D eigenvalue weighted by Gasteiger charge is -2.22. The molecule has 2 aliphatic rings. The number of amides is 1. The Kier molecular flexibility index (Phi) is 4.58. The first kappa shape index (κ1) is 16.3. The van der Waals surface area contributed by atoms with E-state index in [-0.39, 0.29) is 23.5 Å². The Morgan fingerprint density at radius 1 is 1.57 bits per heavy atom. The van der Waals surface area contributed by atoms with E-state index in [2.05, 4.69) is 15.7 Å². The van der Waals surface area contributed by atoms with Crippen molar-refractivity contribution >= 4 is 27.2 Å². The fourth-order valence-corrected chi connectivity index (χ4v) is 4.87. The highest BCUT2D eigenvalue weighted by molar-refractivity contribution is 7.91. The minimum atomic E-state index is -2.89. The van der Waals surface area contributed by atoms with E-state index in [0.29, 0.717) is 25.1 Å². The van der Waals surface area contributed by atoms with E-state index < -0.39 is 9.84 Å². The average Bonchev–Trinajstić information content (AvgIpc) is 3.09. The molecule has 1 amide bonds. The Hall–Kier alpha value is -1.61. The zero-order chi connectivity index (χ0) is 16.4. The molecule has 0 radical (unpaired) electrons. The number of hydrogen-bond donors (Lipinski definition) is 2. The number of aromatic nitrogens is 2. The van der Waals surface area contributed by atoms with E-state index in [1.165, 1.54) is 0 Å². The minimum Gasteiger partial charge on any atom is -0.368 e. The van der Waals surface area contributed by atoms with Gasteiger partial charge in [-0.1, -0.05) is 0 Å². The van der Waals surface area contributed by atoms with E-state index in [1.54, 1.807) is 6.20 Å². The molecule has 0 aromatic carbocycles. The Morgan fingerprint density at radius 2 is 2.39 bits per heavy atom. The molecule has 1 fully saturated rings. The fourth-order valence-electron chi connectivity index (χ4n) is 3.06. The van der Waals surface area contributed by atoms with Gasteiger partial charge in [0.1, 0.15) is 11.5 Å². The van der Waals surface area contributed by atoms with Crippen molar-refractivity contribution in [2.75, 3.05) is 42.3 Å². The molecule has 0 aliphatic carbocycles. The van der Waals surface area contributed by atoms with Crippen LogP contribution in [0.25, 0.3) is 0 Å². The van der Waals surface area contributed by atoms with Crippen molar-refractivity contribution in [2.24, 2.45) is 0 Å². The van der Waals surface area contributed by atoms with Gasteiger partial charge in [-0.3, -0.25) is 4.79 Å². The lowest BCUT2D eigenvalue weighted by Crippen LogP contribution is -2.35.